The van der Waals surface area contributed by atoms with Crippen molar-refractivity contribution in [3.05, 3.63) is 41.3 Å². The third-order valence-electron chi connectivity index (χ3n) is 2.95. The zero-order valence-electron chi connectivity index (χ0n) is 11.4. The molecule has 0 unspecified atom stereocenters. The average Bonchev–Trinajstić information content (AvgIpc) is 2.95. The highest BCUT2D eigenvalue weighted by molar-refractivity contribution is 7.15. The number of fused-ring (bicyclic) bond motifs is 1. The largest absolute Gasteiger partial charge is 0.443 e. The highest BCUT2D eigenvalue weighted by atomic mass is 32.1. The molecule has 0 saturated heterocycles. The Morgan fingerprint density at radius 2 is 1.67 bits per heavy atom. The van der Waals surface area contributed by atoms with Gasteiger partial charge in [0.1, 0.15) is 17.1 Å². The van der Waals surface area contributed by atoms with Crippen molar-refractivity contribution in [3.63, 3.8) is 0 Å². The number of rotatable bonds is 2. The van der Waals surface area contributed by atoms with Gasteiger partial charge in [-0.05, 0) is 18.2 Å². The van der Waals surface area contributed by atoms with Crippen LogP contribution in [0.1, 0.15) is 10.6 Å². The number of nitrogens with one attached hydrogen (secondary N) is 1. The Balaban J connectivity index is 1.97. The standard InChI is InChI=1S/C13H6F6N4S/c14-12(15,16)6-1-2-7-8(3-6)21-5-22-10(7)23-9-4-20-11(24-9)13(17,18)19/h1-5H,(H,21,22,23). The molecular weight excluding hydrogens is 358 g/mol. The van der Waals surface area contributed by atoms with Crippen molar-refractivity contribution >= 4 is 33.1 Å². The van der Waals surface area contributed by atoms with Gasteiger partial charge in [-0.2, -0.15) is 26.3 Å². The molecule has 0 spiro atoms. The number of alkyl halides is 6. The molecule has 3 aromatic rings. The minimum absolute atomic E-state index is 0.0166. The van der Waals surface area contributed by atoms with E-state index < -0.39 is 22.9 Å². The fourth-order valence-electron chi connectivity index (χ4n) is 1.91. The van der Waals surface area contributed by atoms with E-state index in [4.69, 9.17) is 0 Å². The Bertz CT molecular complexity index is 886. The quantitative estimate of drug-likeness (QED) is 0.660. The van der Waals surface area contributed by atoms with Crippen LogP contribution in [0.15, 0.2) is 30.7 Å². The van der Waals surface area contributed by atoms with Crippen molar-refractivity contribution < 1.29 is 26.3 Å². The maximum atomic E-state index is 12.7. The van der Waals surface area contributed by atoms with Gasteiger partial charge in [0.25, 0.3) is 0 Å². The van der Waals surface area contributed by atoms with Gasteiger partial charge in [0.15, 0.2) is 5.01 Å². The number of hydrogen-bond donors (Lipinski definition) is 1. The Labute approximate surface area is 134 Å². The number of aromatic nitrogens is 3. The van der Waals surface area contributed by atoms with Gasteiger partial charge in [-0.15, -0.1) is 0 Å². The zero-order valence-corrected chi connectivity index (χ0v) is 12.2. The van der Waals surface area contributed by atoms with Crippen LogP contribution in [0, 0.1) is 0 Å². The van der Waals surface area contributed by atoms with Gasteiger partial charge in [0, 0.05) is 5.39 Å². The predicted molar refractivity (Wildman–Crippen MR) is 74.9 cm³/mol. The summed E-state index contributed by atoms with van der Waals surface area (Å²) in [6.45, 7) is 0. The number of thiazole rings is 1. The molecule has 3 rings (SSSR count). The molecule has 1 aromatic carbocycles. The van der Waals surface area contributed by atoms with Crippen molar-refractivity contribution in [3.8, 4) is 0 Å². The summed E-state index contributed by atoms with van der Waals surface area (Å²) >= 11 is 0.363. The van der Waals surface area contributed by atoms with E-state index >= 15 is 0 Å². The van der Waals surface area contributed by atoms with Crippen LogP contribution in [-0.2, 0) is 12.4 Å². The van der Waals surface area contributed by atoms with Crippen molar-refractivity contribution in [2.24, 2.45) is 0 Å². The summed E-state index contributed by atoms with van der Waals surface area (Å²) in [6.07, 6.45) is -7.09. The van der Waals surface area contributed by atoms with Crippen LogP contribution in [0.2, 0.25) is 0 Å². The number of anilines is 2. The van der Waals surface area contributed by atoms with Crippen LogP contribution in [-0.4, -0.2) is 15.0 Å². The lowest BCUT2D eigenvalue weighted by Crippen LogP contribution is -2.05. The summed E-state index contributed by atoms with van der Waals surface area (Å²) in [5.41, 5.74) is -0.861. The minimum Gasteiger partial charge on any atom is -0.330 e. The molecule has 0 aliphatic rings. The Kier molecular flexibility index (Phi) is 3.82. The third kappa shape index (κ3) is 3.25. The van der Waals surface area contributed by atoms with Crippen LogP contribution < -0.4 is 5.32 Å². The lowest BCUT2D eigenvalue weighted by atomic mass is 10.1. The molecule has 0 amide bonds. The highest BCUT2D eigenvalue weighted by Gasteiger charge is 2.34. The van der Waals surface area contributed by atoms with Crippen molar-refractivity contribution in [2.75, 3.05) is 5.32 Å². The summed E-state index contributed by atoms with van der Waals surface area (Å²) in [4.78, 5) is 10.9. The van der Waals surface area contributed by atoms with Crippen molar-refractivity contribution in [2.45, 2.75) is 12.4 Å². The fraction of sp³-hybridized carbons (Fsp3) is 0.154. The maximum Gasteiger partial charge on any atom is 0.443 e. The molecule has 0 aliphatic heterocycles. The molecular formula is C13H6F6N4S. The highest BCUT2D eigenvalue weighted by Crippen LogP contribution is 2.36. The van der Waals surface area contributed by atoms with E-state index in [1.54, 1.807) is 0 Å². The van der Waals surface area contributed by atoms with Gasteiger partial charge in [-0.25, -0.2) is 15.0 Å². The molecule has 0 radical (unpaired) electrons. The molecule has 0 fully saturated rings. The molecule has 0 bridgehead atoms. The van der Waals surface area contributed by atoms with Gasteiger partial charge in [-0.3, -0.25) is 0 Å². The third-order valence-corrected chi connectivity index (χ3v) is 3.91. The molecule has 0 aliphatic carbocycles. The first kappa shape index (κ1) is 16.4. The maximum absolute atomic E-state index is 12.7. The molecule has 1 N–H and O–H groups in total. The van der Waals surface area contributed by atoms with E-state index in [1.165, 1.54) is 0 Å². The molecule has 126 valence electrons. The van der Waals surface area contributed by atoms with Crippen molar-refractivity contribution in [1.82, 2.24) is 15.0 Å². The average molecular weight is 364 g/mol. The number of halogens is 6. The first-order chi connectivity index (χ1) is 11.1. The van der Waals surface area contributed by atoms with Crippen LogP contribution in [0.5, 0.6) is 0 Å². The summed E-state index contributed by atoms with van der Waals surface area (Å²) in [7, 11) is 0. The second kappa shape index (κ2) is 5.58. The van der Waals surface area contributed by atoms with Gasteiger partial charge in [0.2, 0.25) is 0 Å². The second-order valence-electron chi connectivity index (χ2n) is 4.60. The molecule has 11 heteroatoms. The van der Waals surface area contributed by atoms with Gasteiger partial charge < -0.3 is 5.32 Å². The van der Waals surface area contributed by atoms with E-state index in [0.29, 0.717) is 11.3 Å². The van der Waals surface area contributed by atoms with Gasteiger partial charge >= 0.3 is 12.4 Å². The Hall–Kier alpha value is -2.43. The topological polar surface area (TPSA) is 50.7 Å². The van der Waals surface area contributed by atoms with E-state index in [-0.39, 0.29) is 21.7 Å². The van der Waals surface area contributed by atoms with Crippen LogP contribution in [0.25, 0.3) is 10.9 Å². The lowest BCUT2D eigenvalue weighted by Gasteiger charge is -2.09. The van der Waals surface area contributed by atoms with E-state index in [1.807, 2.05) is 0 Å². The van der Waals surface area contributed by atoms with E-state index in [0.717, 1.165) is 30.7 Å². The molecule has 0 saturated carbocycles. The normalized spacial score (nSPS) is 12.6. The molecule has 2 aromatic heterocycles. The number of benzene rings is 1. The number of nitrogens with zero attached hydrogens (tertiary/aromatic N) is 3. The smallest absolute Gasteiger partial charge is 0.330 e. The number of hydrogen-bond acceptors (Lipinski definition) is 5. The van der Waals surface area contributed by atoms with E-state index in [9.17, 15) is 26.3 Å². The molecule has 0 atom stereocenters. The summed E-state index contributed by atoms with van der Waals surface area (Å²) in [5.74, 6) is 0.0890. The van der Waals surface area contributed by atoms with Crippen LogP contribution in [0.3, 0.4) is 0 Å². The first-order valence-corrected chi connectivity index (χ1v) is 7.08. The molecule has 2 heterocycles. The van der Waals surface area contributed by atoms with Crippen LogP contribution in [0.4, 0.5) is 37.2 Å². The monoisotopic (exact) mass is 364 g/mol. The minimum atomic E-state index is -4.57. The van der Waals surface area contributed by atoms with Gasteiger partial charge in [-0.1, -0.05) is 11.3 Å². The lowest BCUT2D eigenvalue weighted by molar-refractivity contribution is -0.138. The van der Waals surface area contributed by atoms with Crippen molar-refractivity contribution in [1.29, 1.82) is 0 Å². The molecule has 24 heavy (non-hydrogen) atoms. The summed E-state index contributed by atoms with van der Waals surface area (Å²) in [6, 6.07) is 2.85. The van der Waals surface area contributed by atoms with E-state index in [2.05, 4.69) is 20.3 Å². The summed E-state index contributed by atoms with van der Waals surface area (Å²) in [5, 5.41) is 1.88. The Morgan fingerprint density at radius 1 is 0.917 bits per heavy atom. The van der Waals surface area contributed by atoms with Gasteiger partial charge in [0.05, 0.1) is 17.3 Å². The SMILES string of the molecule is FC(F)(F)c1ccc2c(Nc3cnc(C(F)(F)F)s3)ncnc2c1. The zero-order chi connectivity index (χ0) is 17.5. The molecule has 4 nitrogen and oxygen atoms in total. The van der Waals surface area contributed by atoms with Crippen LogP contribution >= 0.6 is 11.3 Å². The predicted octanol–water partition coefficient (Wildman–Crippen LogP) is 4.87. The second-order valence-corrected chi connectivity index (χ2v) is 5.64. The summed E-state index contributed by atoms with van der Waals surface area (Å²) < 4.78 is 75.7. The first-order valence-electron chi connectivity index (χ1n) is 6.26. The fourth-order valence-corrected chi connectivity index (χ4v) is 2.60. The Morgan fingerprint density at radius 3 is 2.29 bits per heavy atom.